The molecular formula is C7H3Br2F3O3S. The number of hydrogen-bond acceptors (Lipinski definition) is 3. The molecule has 0 aliphatic carbocycles. The van der Waals surface area contributed by atoms with Crippen LogP contribution < -0.4 is 4.74 Å². The third-order valence-corrected chi connectivity index (χ3v) is 4.72. The number of carbonyl (C=O) groups is 1. The van der Waals surface area contributed by atoms with E-state index in [2.05, 4.69) is 36.6 Å². The molecule has 90 valence electrons. The van der Waals surface area contributed by atoms with Gasteiger partial charge in [-0.15, -0.1) is 11.3 Å². The Morgan fingerprint density at radius 3 is 2.44 bits per heavy atom. The molecule has 0 saturated heterocycles. The van der Waals surface area contributed by atoms with E-state index in [1.807, 2.05) is 0 Å². The molecule has 0 fully saturated rings. The lowest BCUT2D eigenvalue weighted by Crippen LogP contribution is -2.19. The number of alkyl halides is 3. The van der Waals surface area contributed by atoms with Gasteiger partial charge >= 0.3 is 12.1 Å². The second-order valence-corrected chi connectivity index (χ2v) is 5.69. The zero-order chi connectivity index (χ0) is 12.5. The predicted octanol–water partition coefficient (Wildman–Crippen LogP) is 3.91. The van der Waals surface area contributed by atoms with Gasteiger partial charge in [-0.3, -0.25) is 0 Å². The lowest BCUT2D eigenvalue weighted by Gasteiger charge is -2.08. The van der Waals surface area contributed by atoms with E-state index in [0.717, 1.165) is 11.3 Å². The van der Waals surface area contributed by atoms with E-state index >= 15 is 0 Å². The first-order valence-corrected chi connectivity index (χ1v) is 6.03. The van der Waals surface area contributed by atoms with Crippen LogP contribution in [0.1, 0.15) is 9.67 Å². The molecule has 1 N–H and O–H groups in total. The summed E-state index contributed by atoms with van der Waals surface area (Å²) in [5.74, 6) is -1.66. The lowest BCUT2D eigenvalue weighted by molar-refractivity contribution is -0.153. The number of thiophene rings is 1. The first-order chi connectivity index (χ1) is 7.22. The van der Waals surface area contributed by atoms with Crippen LogP contribution in [0.15, 0.2) is 8.26 Å². The van der Waals surface area contributed by atoms with Crippen LogP contribution in [0.25, 0.3) is 0 Å². The summed E-state index contributed by atoms with van der Waals surface area (Å²) in [7, 11) is 0. The maximum absolute atomic E-state index is 11.9. The molecular weight excluding hydrogens is 381 g/mol. The Kier molecular flexibility index (Phi) is 4.24. The van der Waals surface area contributed by atoms with Crippen LogP contribution in [0.5, 0.6) is 5.75 Å². The number of carboxylic acid groups (broad SMARTS) is 1. The van der Waals surface area contributed by atoms with Gasteiger partial charge < -0.3 is 9.84 Å². The van der Waals surface area contributed by atoms with Crippen LogP contribution in [-0.4, -0.2) is 23.9 Å². The summed E-state index contributed by atoms with van der Waals surface area (Å²) in [6.07, 6.45) is -4.51. The van der Waals surface area contributed by atoms with Crippen molar-refractivity contribution < 1.29 is 27.8 Å². The van der Waals surface area contributed by atoms with Gasteiger partial charge in [-0.2, -0.15) is 13.2 Å². The van der Waals surface area contributed by atoms with E-state index in [1.54, 1.807) is 0 Å². The first kappa shape index (κ1) is 13.8. The Bertz CT molecular complexity index is 416. The molecule has 0 bridgehead atoms. The molecule has 0 spiro atoms. The van der Waals surface area contributed by atoms with Gasteiger partial charge in [0.15, 0.2) is 17.2 Å². The molecule has 1 rings (SSSR count). The van der Waals surface area contributed by atoms with E-state index in [0.29, 0.717) is 3.79 Å². The van der Waals surface area contributed by atoms with Gasteiger partial charge in [0.05, 0.1) is 8.26 Å². The molecule has 0 radical (unpaired) electrons. The fourth-order valence-electron chi connectivity index (χ4n) is 0.793. The molecule has 0 saturated carbocycles. The molecule has 0 aliphatic rings. The summed E-state index contributed by atoms with van der Waals surface area (Å²) in [6.45, 7) is -1.53. The minimum atomic E-state index is -4.51. The quantitative estimate of drug-likeness (QED) is 0.860. The van der Waals surface area contributed by atoms with Crippen LogP contribution in [0.4, 0.5) is 13.2 Å². The van der Waals surface area contributed by atoms with Crippen LogP contribution in [-0.2, 0) is 0 Å². The largest absolute Gasteiger partial charge is 0.481 e. The van der Waals surface area contributed by atoms with Crippen molar-refractivity contribution in [2.45, 2.75) is 6.18 Å². The molecule has 0 atom stereocenters. The Hall–Kier alpha value is -0.280. The highest BCUT2D eigenvalue weighted by molar-refractivity contribution is 9.13. The van der Waals surface area contributed by atoms with E-state index in [9.17, 15) is 18.0 Å². The maximum Gasteiger partial charge on any atom is 0.422 e. The Balaban J connectivity index is 2.98. The standard InChI is InChI=1S/C7H3Br2F3O3S/c8-2-3(15-1-7(10,11)12)4(6(13)14)16-5(2)9/h1H2,(H,13,14). The van der Waals surface area contributed by atoms with Gasteiger partial charge in [-0.25, -0.2) is 4.79 Å². The molecule has 0 unspecified atom stereocenters. The smallest absolute Gasteiger partial charge is 0.422 e. The summed E-state index contributed by atoms with van der Waals surface area (Å²) >= 11 is 6.73. The monoisotopic (exact) mass is 382 g/mol. The van der Waals surface area contributed by atoms with Gasteiger partial charge in [0.25, 0.3) is 0 Å². The van der Waals surface area contributed by atoms with Crippen molar-refractivity contribution in [2.24, 2.45) is 0 Å². The van der Waals surface area contributed by atoms with Crippen molar-refractivity contribution >= 4 is 49.2 Å². The fraction of sp³-hybridized carbons (Fsp3) is 0.286. The van der Waals surface area contributed by atoms with Gasteiger partial charge in [-0.05, 0) is 31.9 Å². The second kappa shape index (κ2) is 4.92. The highest BCUT2D eigenvalue weighted by Gasteiger charge is 2.31. The molecule has 0 aromatic carbocycles. The summed E-state index contributed by atoms with van der Waals surface area (Å²) < 4.78 is 40.7. The van der Waals surface area contributed by atoms with Gasteiger partial charge in [-0.1, -0.05) is 0 Å². The molecule has 0 amide bonds. The predicted molar refractivity (Wildman–Crippen MR) is 58.2 cm³/mol. The van der Waals surface area contributed by atoms with Crippen LogP contribution in [0.3, 0.4) is 0 Å². The third-order valence-electron chi connectivity index (χ3n) is 1.34. The third kappa shape index (κ3) is 3.36. The molecule has 9 heteroatoms. The molecule has 1 aromatic heterocycles. The summed E-state index contributed by atoms with van der Waals surface area (Å²) in [6, 6.07) is 0. The summed E-state index contributed by atoms with van der Waals surface area (Å²) in [5.41, 5.74) is 0. The fourth-order valence-corrected chi connectivity index (χ4v) is 2.85. The number of carboxylic acids is 1. The molecule has 3 nitrogen and oxygen atoms in total. The molecule has 1 aromatic rings. The van der Waals surface area contributed by atoms with Crippen molar-refractivity contribution in [2.75, 3.05) is 6.61 Å². The number of hydrogen-bond donors (Lipinski definition) is 1. The minimum Gasteiger partial charge on any atom is -0.481 e. The van der Waals surface area contributed by atoms with E-state index in [-0.39, 0.29) is 15.1 Å². The van der Waals surface area contributed by atoms with Crippen LogP contribution >= 0.6 is 43.2 Å². The number of halogens is 5. The first-order valence-electron chi connectivity index (χ1n) is 3.63. The van der Waals surface area contributed by atoms with E-state index < -0.39 is 18.8 Å². The SMILES string of the molecule is O=C(O)c1sc(Br)c(Br)c1OCC(F)(F)F. The van der Waals surface area contributed by atoms with E-state index in [1.165, 1.54) is 0 Å². The van der Waals surface area contributed by atoms with Gasteiger partial charge in [0.2, 0.25) is 0 Å². The van der Waals surface area contributed by atoms with Crippen molar-refractivity contribution in [3.05, 3.63) is 13.1 Å². The van der Waals surface area contributed by atoms with Gasteiger partial charge in [0, 0.05) is 0 Å². The maximum atomic E-state index is 11.9. The van der Waals surface area contributed by atoms with Crippen molar-refractivity contribution in [3.8, 4) is 5.75 Å². The normalized spacial score (nSPS) is 11.6. The average molecular weight is 384 g/mol. The zero-order valence-electron chi connectivity index (χ0n) is 7.27. The van der Waals surface area contributed by atoms with E-state index in [4.69, 9.17) is 5.11 Å². The number of rotatable bonds is 3. The highest BCUT2D eigenvalue weighted by Crippen LogP contribution is 2.43. The highest BCUT2D eigenvalue weighted by atomic mass is 79.9. The second-order valence-electron chi connectivity index (χ2n) is 2.56. The van der Waals surface area contributed by atoms with Crippen molar-refractivity contribution in [1.29, 1.82) is 0 Å². The molecule has 1 heterocycles. The minimum absolute atomic E-state index is 0.166. The summed E-state index contributed by atoms with van der Waals surface area (Å²) in [4.78, 5) is 10.4. The molecule has 16 heavy (non-hydrogen) atoms. The van der Waals surface area contributed by atoms with Crippen molar-refractivity contribution in [3.63, 3.8) is 0 Å². The zero-order valence-corrected chi connectivity index (χ0v) is 11.3. The Morgan fingerprint density at radius 1 is 1.44 bits per heavy atom. The summed E-state index contributed by atoms with van der Waals surface area (Å²) in [5, 5.41) is 8.74. The number of aromatic carboxylic acids is 1. The number of ether oxygens (including phenoxy) is 1. The Labute approximate surface area is 108 Å². The van der Waals surface area contributed by atoms with Crippen LogP contribution in [0, 0.1) is 0 Å². The Morgan fingerprint density at radius 2 is 2.00 bits per heavy atom. The topological polar surface area (TPSA) is 46.5 Å². The average Bonchev–Trinajstić information content (AvgIpc) is 2.39. The van der Waals surface area contributed by atoms with Crippen molar-refractivity contribution in [1.82, 2.24) is 0 Å². The van der Waals surface area contributed by atoms with Crippen LogP contribution in [0.2, 0.25) is 0 Å². The molecule has 0 aliphatic heterocycles. The van der Waals surface area contributed by atoms with Gasteiger partial charge in [0.1, 0.15) is 0 Å². The lowest BCUT2D eigenvalue weighted by atomic mass is 10.4.